The molecule has 2 unspecified atom stereocenters. The third kappa shape index (κ3) is 2.42. The smallest absolute Gasteiger partial charge is 0.308 e. The van der Waals surface area contributed by atoms with E-state index < -0.39 is 11.9 Å². The van der Waals surface area contributed by atoms with Crippen LogP contribution in [0.25, 0.3) is 0 Å². The minimum absolute atomic E-state index is 0.116. The molecule has 2 fully saturated rings. The summed E-state index contributed by atoms with van der Waals surface area (Å²) in [5.74, 6) is -1.17. The molecular formula is C16H19NO3. The normalized spacial score (nSPS) is 27.2. The number of carboxylic acids is 1. The molecule has 1 amide bonds. The molecule has 4 nitrogen and oxygen atoms in total. The van der Waals surface area contributed by atoms with Crippen LogP contribution in [0.1, 0.15) is 43.7 Å². The zero-order valence-corrected chi connectivity index (χ0v) is 11.4. The number of carboxylic acid groups (broad SMARTS) is 1. The Balaban J connectivity index is 2.03. The highest BCUT2D eigenvalue weighted by Crippen LogP contribution is 2.42. The molecule has 1 aliphatic carbocycles. The zero-order chi connectivity index (χ0) is 14.1. The summed E-state index contributed by atoms with van der Waals surface area (Å²) in [5.41, 5.74) is 0.946. The van der Waals surface area contributed by atoms with Gasteiger partial charge in [0.15, 0.2) is 0 Å². The molecule has 4 heteroatoms. The van der Waals surface area contributed by atoms with Crippen molar-refractivity contribution in [1.82, 2.24) is 4.90 Å². The lowest BCUT2D eigenvalue weighted by atomic mass is 9.89. The largest absolute Gasteiger partial charge is 0.481 e. The second kappa shape index (κ2) is 5.27. The van der Waals surface area contributed by atoms with Crippen molar-refractivity contribution >= 4 is 11.9 Å². The van der Waals surface area contributed by atoms with E-state index in [2.05, 4.69) is 0 Å². The van der Waals surface area contributed by atoms with Gasteiger partial charge in [0.1, 0.15) is 0 Å². The summed E-state index contributed by atoms with van der Waals surface area (Å²) < 4.78 is 0. The van der Waals surface area contributed by atoms with E-state index in [4.69, 9.17) is 0 Å². The van der Waals surface area contributed by atoms with Gasteiger partial charge in [0.05, 0.1) is 12.0 Å². The predicted molar refractivity (Wildman–Crippen MR) is 74.0 cm³/mol. The van der Waals surface area contributed by atoms with Crippen molar-refractivity contribution in [1.29, 1.82) is 0 Å². The van der Waals surface area contributed by atoms with E-state index in [1.807, 2.05) is 35.2 Å². The monoisotopic (exact) mass is 273 g/mol. The summed E-state index contributed by atoms with van der Waals surface area (Å²) in [6, 6.07) is 9.55. The molecule has 0 radical (unpaired) electrons. The Labute approximate surface area is 118 Å². The number of nitrogens with zero attached hydrogens (tertiary/aromatic N) is 1. The zero-order valence-electron chi connectivity index (χ0n) is 11.4. The second-order valence-corrected chi connectivity index (χ2v) is 5.72. The van der Waals surface area contributed by atoms with Gasteiger partial charge in [-0.2, -0.15) is 0 Å². The number of carbonyl (C=O) groups is 2. The topological polar surface area (TPSA) is 57.6 Å². The number of hydrogen-bond donors (Lipinski definition) is 1. The summed E-state index contributed by atoms with van der Waals surface area (Å²) in [6.07, 6.45) is 3.72. The van der Waals surface area contributed by atoms with Crippen LogP contribution in [0.15, 0.2) is 30.3 Å². The molecule has 3 rings (SSSR count). The Morgan fingerprint density at radius 1 is 1.15 bits per heavy atom. The summed E-state index contributed by atoms with van der Waals surface area (Å²) in [5, 5.41) is 9.56. The highest BCUT2D eigenvalue weighted by Gasteiger charge is 2.44. The first-order valence-electron chi connectivity index (χ1n) is 7.27. The second-order valence-electron chi connectivity index (χ2n) is 5.72. The SMILES string of the molecule is O=C(O)C1CCCC(=O)N(C2CC2)C1c1ccccc1. The van der Waals surface area contributed by atoms with Crippen LogP contribution in [0.3, 0.4) is 0 Å². The quantitative estimate of drug-likeness (QED) is 0.921. The molecule has 1 aliphatic heterocycles. The van der Waals surface area contributed by atoms with Gasteiger partial charge in [0, 0.05) is 12.5 Å². The van der Waals surface area contributed by atoms with Crippen LogP contribution in [0.5, 0.6) is 0 Å². The van der Waals surface area contributed by atoms with Crippen molar-refractivity contribution in [3.63, 3.8) is 0 Å². The first-order valence-corrected chi connectivity index (χ1v) is 7.27. The van der Waals surface area contributed by atoms with Gasteiger partial charge in [0.2, 0.25) is 5.91 Å². The minimum atomic E-state index is -0.792. The summed E-state index contributed by atoms with van der Waals surface area (Å²) in [6.45, 7) is 0. The number of hydrogen-bond acceptors (Lipinski definition) is 2. The molecule has 1 saturated heterocycles. The van der Waals surface area contributed by atoms with Crippen LogP contribution >= 0.6 is 0 Å². The number of rotatable bonds is 3. The molecular weight excluding hydrogens is 254 g/mol. The summed E-state index contributed by atoms with van der Waals surface area (Å²) >= 11 is 0. The fourth-order valence-corrected chi connectivity index (χ4v) is 3.19. The third-order valence-corrected chi connectivity index (χ3v) is 4.27. The highest BCUT2D eigenvalue weighted by molar-refractivity contribution is 5.80. The van der Waals surface area contributed by atoms with Crippen molar-refractivity contribution in [2.24, 2.45) is 5.92 Å². The molecule has 1 N–H and O–H groups in total. The number of amides is 1. The first-order chi connectivity index (χ1) is 9.68. The van der Waals surface area contributed by atoms with E-state index >= 15 is 0 Å². The van der Waals surface area contributed by atoms with E-state index in [1.54, 1.807) is 0 Å². The Morgan fingerprint density at radius 3 is 2.45 bits per heavy atom. The van der Waals surface area contributed by atoms with E-state index in [1.165, 1.54) is 0 Å². The Morgan fingerprint density at radius 2 is 1.85 bits per heavy atom. The van der Waals surface area contributed by atoms with E-state index in [0.29, 0.717) is 19.3 Å². The molecule has 1 aromatic rings. The minimum Gasteiger partial charge on any atom is -0.481 e. The van der Waals surface area contributed by atoms with E-state index in [-0.39, 0.29) is 18.0 Å². The van der Waals surface area contributed by atoms with Gasteiger partial charge in [-0.05, 0) is 31.2 Å². The fraction of sp³-hybridized carbons (Fsp3) is 0.500. The number of aliphatic carboxylic acids is 1. The third-order valence-electron chi connectivity index (χ3n) is 4.27. The van der Waals surface area contributed by atoms with Crippen molar-refractivity contribution in [2.75, 3.05) is 0 Å². The Kier molecular flexibility index (Phi) is 3.47. The molecule has 1 heterocycles. The maximum Gasteiger partial charge on any atom is 0.308 e. The van der Waals surface area contributed by atoms with Gasteiger partial charge in [-0.3, -0.25) is 9.59 Å². The van der Waals surface area contributed by atoms with Crippen LogP contribution in [0, 0.1) is 5.92 Å². The predicted octanol–water partition coefficient (Wildman–Crippen LogP) is 2.60. The van der Waals surface area contributed by atoms with Crippen LogP contribution in [-0.2, 0) is 9.59 Å². The molecule has 0 spiro atoms. The number of carbonyl (C=O) groups excluding carboxylic acids is 1. The molecule has 106 valence electrons. The van der Waals surface area contributed by atoms with Gasteiger partial charge in [-0.25, -0.2) is 0 Å². The lowest BCUT2D eigenvalue weighted by Gasteiger charge is -2.34. The standard InChI is InChI=1S/C16H19NO3/c18-14-8-4-7-13(16(19)20)15(17(14)12-9-10-12)11-5-2-1-3-6-11/h1-3,5-6,12-13,15H,4,7-10H2,(H,19,20). The van der Waals surface area contributed by atoms with Crippen molar-refractivity contribution in [3.8, 4) is 0 Å². The van der Waals surface area contributed by atoms with Gasteiger partial charge < -0.3 is 10.0 Å². The Bertz CT molecular complexity index is 510. The van der Waals surface area contributed by atoms with Crippen LogP contribution < -0.4 is 0 Å². The van der Waals surface area contributed by atoms with Gasteiger partial charge in [0.25, 0.3) is 0 Å². The van der Waals surface area contributed by atoms with Crippen molar-refractivity contribution < 1.29 is 14.7 Å². The van der Waals surface area contributed by atoms with Crippen LogP contribution in [-0.4, -0.2) is 27.9 Å². The maximum absolute atomic E-state index is 12.4. The van der Waals surface area contributed by atoms with Gasteiger partial charge in [-0.1, -0.05) is 30.3 Å². The summed E-state index contributed by atoms with van der Waals surface area (Å²) in [4.78, 5) is 25.9. The maximum atomic E-state index is 12.4. The molecule has 0 aromatic heterocycles. The average molecular weight is 273 g/mol. The fourth-order valence-electron chi connectivity index (χ4n) is 3.19. The number of likely N-dealkylation sites (tertiary alicyclic amines) is 1. The molecule has 0 bridgehead atoms. The lowest BCUT2D eigenvalue weighted by molar-refractivity contribution is -0.146. The average Bonchev–Trinajstić information content (AvgIpc) is 3.26. The highest BCUT2D eigenvalue weighted by atomic mass is 16.4. The molecule has 1 saturated carbocycles. The van der Waals surface area contributed by atoms with E-state index in [0.717, 1.165) is 18.4 Å². The van der Waals surface area contributed by atoms with Crippen molar-refractivity contribution in [2.45, 2.75) is 44.2 Å². The van der Waals surface area contributed by atoms with Gasteiger partial charge >= 0.3 is 5.97 Å². The molecule has 20 heavy (non-hydrogen) atoms. The van der Waals surface area contributed by atoms with E-state index in [9.17, 15) is 14.7 Å². The number of benzene rings is 1. The molecule has 1 aromatic carbocycles. The summed E-state index contributed by atoms with van der Waals surface area (Å²) in [7, 11) is 0. The first kappa shape index (κ1) is 13.2. The Hall–Kier alpha value is -1.84. The van der Waals surface area contributed by atoms with Crippen molar-refractivity contribution in [3.05, 3.63) is 35.9 Å². The van der Waals surface area contributed by atoms with Crippen LogP contribution in [0.2, 0.25) is 0 Å². The van der Waals surface area contributed by atoms with Crippen LogP contribution in [0.4, 0.5) is 0 Å². The lowest BCUT2D eigenvalue weighted by Crippen LogP contribution is -2.40. The molecule has 2 atom stereocenters. The molecule has 2 aliphatic rings. The van der Waals surface area contributed by atoms with Gasteiger partial charge in [-0.15, -0.1) is 0 Å².